The predicted octanol–water partition coefficient (Wildman–Crippen LogP) is 3.27. The highest BCUT2D eigenvalue weighted by Crippen LogP contribution is 2.28. The number of hydrogen-bond acceptors (Lipinski definition) is 2. The lowest BCUT2D eigenvalue weighted by molar-refractivity contribution is 0.0651. The van der Waals surface area contributed by atoms with Crippen LogP contribution in [-0.2, 0) is 11.2 Å². The molecule has 0 radical (unpaired) electrons. The number of para-hydroxylation sites is 1. The number of halogens is 1. The fraction of sp³-hybridized carbons (Fsp3) is 0.571. The average Bonchev–Trinajstić information content (AvgIpc) is 2.40. The smallest absolute Gasteiger partial charge is 0.122 e. The van der Waals surface area contributed by atoms with Crippen LogP contribution in [0.5, 0.6) is 5.75 Å². The second-order valence-electron chi connectivity index (χ2n) is 4.48. The van der Waals surface area contributed by atoms with E-state index in [-0.39, 0.29) is 5.38 Å². The van der Waals surface area contributed by atoms with E-state index in [9.17, 15) is 0 Å². The zero-order valence-corrected chi connectivity index (χ0v) is 11.0. The molecule has 2 rings (SSSR count). The van der Waals surface area contributed by atoms with Gasteiger partial charge in [0, 0.05) is 18.6 Å². The third kappa shape index (κ3) is 3.36. The molecule has 2 nitrogen and oxygen atoms in total. The lowest BCUT2D eigenvalue weighted by Crippen LogP contribution is -2.25. The Morgan fingerprint density at radius 1 is 1.35 bits per heavy atom. The molecule has 1 heterocycles. The summed E-state index contributed by atoms with van der Waals surface area (Å²) in [6, 6.07) is 8.10. The molecule has 0 aliphatic carbocycles. The quantitative estimate of drug-likeness (QED) is 0.768. The maximum absolute atomic E-state index is 6.51. The molecule has 0 aromatic heterocycles. The van der Waals surface area contributed by atoms with Crippen LogP contribution in [0.25, 0.3) is 0 Å². The molecular formula is C14H19ClO2. The van der Waals surface area contributed by atoms with Crippen LogP contribution in [-0.4, -0.2) is 25.7 Å². The highest BCUT2D eigenvalue weighted by Gasteiger charge is 2.23. The first kappa shape index (κ1) is 12.7. The fourth-order valence-corrected chi connectivity index (χ4v) is 2.74. The van der Waals surface area contributed by atoms with Gasteiger partial charge in [-0.1, -0.05) is 18.2 Å². The van der Waals surface area contributed by atoms with Crippen molar-refractivity contribution in [3.05, 3.63) is 29.8 Å². The molecule has 1 unspecified atom stereocenters. The minimum Gasteiger partial charge on any atom is -0.496 e. The molecule has 0 bridgehead atoms. The highest BCUT2D eigenvalue weighted by molar-refractivity contribution is 6.20. The van der Waals surface area contributed by atoms with Gasteiger partial charge in [-0.3, -0.25) is 0 Å². The van der Waals surface area contributed by atoms with Crippen LogP contribution < -0.4 is 4.74 Å². The third-order valence-corrected chi connectivity index (χ3v) is 3.90. The molecule has 0 N–H and O–H groups in total. The fourth-order valence-electron chi connectivity index (χ4n) is 2.33. The molecule has 1 saturated heterocycles. The zero-order chi connectivity index (χ0) is 12.1. The molecule has 1 aromatic rings. The number of alkyl halides is 1. The highest BCUT2D eigenvalue weighted by atomic mass is 35.5. The maximum atomic E-state index is 6.51. The van der Waals surface area contributed by atoms with Crippen LogP contribution in [0.1, 0.15) is 18.4 Å². The lowest BCUT2D eigenvalue weighted by atomic mass is 9.92. The number of benzene rings is 1. The van der Waals surface area contributed by atoms with Crippen LogP contribution in [0.3, 0.4) is 0 Å². The van der Waals surface area contributed by atoms with E-state index in [4.69, 9.17) is 21.1 Å². The van der Waals surface area contributed by atoms with Crippen molar-refractivity contribution in [3.8, 4) is 5.75 Å². The Morgan fingerprint density at radius 3 is 2.76 bits per heavy atom. The number of hydrogen-bond donors (Lipinski definition) is 0. The Labute approximate surface area is 108 Å². The van der Waals surface area contributed by atoms with E-state index in [0.717, 1.165) is 38.2 Å². The Morgan fingerprint density at radius 2 is 2.06 bits per heavy atom. The SMILES string of the molecule is COc1ccccc1CC(Cl)C1CCOCC1. The first-order valence-corrected chi connectivity index (χ1v) is 6.58. The first-order chi connectivity index (χ1) is 8.31. The largest absolute Gasteiger partial charge is 0.496 e. The molecule has 1 aliphatic heterocycles. The summed E-state index contributed by atoms with van der Waals surface area (Å²) in [4.78, 5) is 0. The summed E-state index contributed by atoms with van der Waals surface area (Å²) in [5, 5.41) is 0.176. The van der Waals surface area contributed by atoms with Gasteiger partial charge in [-0.05, 0) is 36.8 Å². The topological polar surface area (TPSA) is 18.5 Å². The van der Waals surface area contributed by atoms with Crippen LogP contribution in [0.15, 0.2) is 24.3 Å². The molecule has 1 aromatic carbocycles. The summed E-state index contributed by atoms with van der Waals surface area (Å²) in [5.74, 6) is 1.50. The van der Waals surface area contributed by atoms with Gasteiger partial charge in [0.15, 0.2) is 0 Å². The van der Waals surface area contributed by atoms with Crippen LogP contribution >= 0.6 is 11.6 Å². The summed E-state index contributed by atoms with van der Waals surface area (Å²) in [6.45, 7) is 1.69. The monoisotopic (exact) mass is 254 g/mol. The number of methoxy groups -OCH3 is 1. The van der Waals surface area contributed by atoms with Crippen molar-refractivity contribution < 1.29 is 9.47 Å². The van der Waals surface area contributed by atoms with E-state index < -0.39 is 0 Å². The molecule has 0 spiro atoms. The van der Waals surface area contributed by atoms with Gasteiger partial charge in [0.25, 0.3) is 0 Å². The van der Waals surface area contributed by atoms with Crippen LogP contribution in [0.4, 0.5) is 0 Å². The summed E-state index contributed by atoms with van der Waals surface area (Å²) in [7, 11) is 1.70. The minimum atomic E-state index is 0.176. The summed E-state index contributed by atoms with van der Waals surface area (Å²) < 4.78 is 10.7. The van der Waals surface area contributed by atoms with E-state index in [2.05, 4.69) is 6.07 Å². The van der Waals surface area contributed by atoms with Gasteiger partial charge in [0.1, 0.15) is 5.75 Å². The Bertz CT molecular complexity index is 348. The second-order valence-corrected chi connectivity index (χ2v) is 5.04. The number of ether oxygens (including phenoxy) is 2. The van der Waals surface area contributed by atoms with Gasteiger partial charge in [0.05, 0.1) is 7.11 Å². The molecule has 0 amide bonds. The van der Waals surface area contributed by atoms with Gasteiger partial charge in [-0.15, -0.1) is 11.6 Å². The second kappa shape index (κ2) is 6.27. The predicted molar refractivity (Wildman–Crippen MR) is 69.9 cm³/mol. The van der Waals surface area contributed by atoms with Crippen molar-refractivity contribution in [2.75, 3.05) is 20.3 Å². The molecule has 1 atom stereocenters. The summed E-state index contributed by atoms with van der Waals surface area (Å²) in [6.07, 6.45) is 3.02. The van der Waals surface area contributed by atoms with Crippen molar-refractivity contribution in [1.29, 1.82) is 0 Å². The standard InChI is InChI=1S/C14H19ClO2/c1-16-14-5-3-2-4-12(14)10-13(15)11-6-8-17-9-7-11/h2-5,11,13H,6-10H2,1H3. The van der Waals surface area contributed by atoms with Crippen molar-refractivity contribution >= 4 is 11.6 Å². The summed E-state index contributed by atoms with van der Waals surface area (Å²) in [5.41, 5.74) is 1.20. The van der Waals surface area contributed by atoms with E-state index in [1.54, 1.807) is 7.11 Å². The van der Waals surface area contributed by atoms with Crippen molar-refractivity contribution in [3.63, 3.8) is 0 Å². The normalized spacial score (nSPS) is 18.9. The summed E-state index contributed by atoms with van der Waals surface area (Å²) >= 11 is 6.51. The minimum absolute atomic E-state index is 0.176. The van der Waals surface area contributed by atoms with Crippen molar-refractivity contribution in [2.45, 2.75) is 24.6 Å². The molecular weight excluding hydrogens is 236 g/mol. The first-order valence-electron chi connectivity index (χ1n) is 6.15. The average molecular weight is 255 g/mol. The zero-order valence-electron chi connectivity index (χ0n) is 10.2. The van der Waals surface area contributed by atoms with Gasteiger partial charge in [-0.25, -0.2) is 0 Å². The van der Waals surface area contributed by atoms with E-state index in [1.165, 1.54) is 5.56 Å². The van der Waals surface area contributed by atoms with Crippen molar-refractivity contribution in [2.24, 2.45) is 5.92 Å². The maximum Gasteiger partial charge on any atom is 0.122 e. The molecule has 1 fully saturated rings. The molecule has 1 aliphatic rings. The lowest BCUT2D eigenvalue weighted by Gasteiger charge is -2.26. The number of rotatable bonds is 4. The van der Waals surface area contributed by atoms with E-state index >= 15 is 0 Å². The van der Waals surface area contributed by atoms with Crippen LogP contribution in [0.2, 0.25) is 0 Å². The Kier molecular flexibility index (Phi) is 4.69. The molecule has 3 heteroatoms. The Balaban J connectivity index is 1.99. The van der Waals surface area contributed by atoms with Gasteiger partial charge in [0.2, 0.25) is 0 Å². The van der Waals surface area contributed by atoms with Gasteiger partial charge >= 0.3 is 0 Å². The Hall–Kier alpha value is -0.730. The van der Waals surface area contributed by atoms with Crippen LogP contribution in [0, 0.1) is 5.92 Å². The molecule has 17 heavy (non-hydrogen) atoms. The molecule has 94 valence electrons. The molecule has 0 saturated carbocycles. The van der Waals surface area contributed by atoms with Gasteiger partial charge < -0.3 is 9.47 Å². The van der Waals surface area contributed by atoms with E-state index in [1.807, 2.05) is 18.2 Å². The van der Waals surface area contributed by atoms with Gasteiger partial charge in [-0.2, -0.15) is 0 Å². The van der Waals surface area contributed by atoms with E-state index in [0.29, 0.717) is 5.92 Å². The van der Waals surface area contributed by atoms with Crippen molar-refractivity contribution in [1.82, 2.24) is 0 Å². The third-order valence-electron chi connectivity index (χ3n) is 3.38.